The normalized spacial score (nSPS) is 21.7. The molecular formula is C16H32N2O. The van der Waals surface area contributed by atoms with Crippen LogP contribution in [0.4, 0.5) is 0 Å². The maximum absolute atomic E-state index is 12.7. The van der Waals surface area contributed by atoms with E-state index in [-0.39, 0.29) is 6.04 Å². The SMILES string of the molecule is CCCCN(CC)C(C)C(=O)N1CCCCC1CC. The summed E-state index contributed by atoms with van der Waals surface area (Å²) in [7, 11) is 0. The van der Waals surface area contributed by atoms with Gasteiger partial charge in [-0.1, -0.05) is 27.2 Å². The number of unbranched alkanes of at least 4 members (excludes halogenated alkanes) is 1. The lowest BCUT2D eigenvalue weighted by atomic mass is 9.99. The van der Waals surface area contributed by atoms with Crippen LogP contribution in [0.1, 0.15) is 66.2 Å². The van der Waals surface area contributed by atoms with Crippen molar-refractivity contribution in [1.29, 1.82) is 0 Å². The predicted octanol–water partition coefficient (Wildman–Crippen LogP) is 3.29. The van der Waals surface area contributed by atoms with Gasteiger partial charge >= 0.3 is 0 Å². The first-order valence-corrected chi connectivity index (χ1v) is 8.20. The molecule has 19 heavy (non-hydrogen) atoms. The number of hydrogen-bond acceptors (Lipinski definition) is 2. The predicted molar refractivity (Wildman–Crippen MR) is 81.3 cm³/mol. The van der Waals surface area contributed by atoms with Gasteiger partial charge in [-0.2, -0.15) is 0 Å². The standard InChI is InChI=1S/C16H32N2O/c1-5-8-12-17(7-3)14(4)16(19)18-13-10-9-11-15(18)6-2/h14-15H,5-13H2,1-4H3. The third-order valence-corrected chi connectivity index (χ3v) is 4.49. The first-order chi connectivity index (χ1) is 9.15. The number of hydrogen-bond donors (Lipinski definition) is 0. The molecule has 0 aromatic heterocycles. The number of likely N-dealkylation sites (tertiary alicyclic amines) is 1. The van der Waals surface area contributed by atoms with Crippen LogP contribution >= 0.6 is 0 Å². The van der Waals surface area contributed by atoms with Crippen molar-refractivity contribution in [2.24, 2.45) is 0 Å². The Labute approximate surface area is 119 Å². The second-order valence-electron chi connectivity index (χ2n) is 5.75. The molecule has 0 bridgehead atoms. The lowest BCUT2D eigenvalue weighted by Gasteiger charge is -2.39. The number of carbonyl (C=O) groups is 1. The molecule has 3 nitrogen and oxygen atoms in total. The molecule has 0 aromatic rings. The average molecular weight is 268 g/mol. The van der Waals surface area contributed by atoms with E-state index in [1.165, 1.54) is 32.1 Å². The van der Waals surface area contributed by atoms with Gasteiger partial charge in [0.25, 0.3) is 0 Å². The van der Waals surface area contributed by atoms with E-state index in [0.29, 0.717) is 11.9 Å². The van der Waals surface area contributed by atoms with Crippen molar-refractivity contribution < 1.29 is 4.79 Å². The van der Waals surface area contributed by atoms with Gasteiger partial charge in [-0.25, -0.2) is 0 Å². The van der Waals surface area contributed by atoms with E-state index in [9.17, 15) is 4.79 Å². The minimum Gasteiger partial charge on any atom is -0.338 e. The first-order valence-electron chi connectivity index (χ1n) is 8.20. The fourth-order valence-corrected chi connectivity index (χ4v) is 3.10. The van der Waals surface area contributed by atoms with Crippen LogP contribution in [0.3, 0.4) is 0 Å². The van der Waals surface area contributed by atoms with E-state index in [2.05, 4.69) is 37.5 Å². The Hall–Kier alpha value is -0.570. The molecule has 0 spiro atoms. The highest BCUT2D eigenvalue weighted by Crippen LogP contribution is 2.21. The van der Waals surface area contributed by atoms with Crippen molar-refractivity contribution in [3.05, 3.63) is 0 Å². The lowest BCUT2D eigenvalue weighted by Crippen LogP contribution is -2.52. The van der Waals surface area contributed by atoms with Gasteiger partial charge in [0.2, 0.25) is 5.91 Å². The Morgan fingerprint density at radius 2 is 2.05 bits per heavy atom. The molecule has 1 amide bonds. The number of nitrogens with zero attached hydrogens (tertiary/aromatic N) is 2. The van der Waals surface area contributed by atoms with Gasteiger partial charge in [-0.3, -0.25) is 9.69 Å². The summed E-state index contributed by atoms with van der Waals surface area (Å²) in [5, 5.41) is 0. The zero-order valence-corrected chi connectivity index (χ0v) is 13.3. The molecule has 2 atom stereocenters. The Kier molecular flexibility index (Phi) is 7.44. The molecule has 0 aromatic carbocycles. The Balaban J connectivity index is 2.62. The van der Waals surface area contributed by atoms with Crippen LogP contribution < -0.4 is 0 Å². The Morgan fingerprint density at radius 1 is 1.32 bits per heavy atom. The molecule has 0 N–H and O–H groups in total. The van der Waals surface area contributed by atoms with E-state index in [1.807, 2.05) is 0 Å². The Morgan fingerprint density at radius 3 is 2.63 bits per heavy atom. The van der Waals surface area contributed by atoms with Crippen molar-refractivity contribution in [2.75, 3.05) is 19.6 Å². The monoisotopic (exact) mass is 268 g/mol. The topological polar surface area (TPSA) is 23.6 Å². The second-order valence-corrected chi connectivity index (χ2v) is 5.75. The lowest BCUT2D eigenvalue weighted by molar-refractivity contribution is -0.140. The van der Waals surface area contributed by atoms with Crippen LogP contribution in [-0.2, 0) is 4.79 Å². The maximum Gasteiger partial charge on any atom is 0.239 e. The van der Waals surface area contributed by atoms with Crippen LogP contribution in [-0.4, -0.2) is 47.4 Å². The van der Waals surface area contributed by atoms with Gasteiger partial charge in [0.05, 0.1) is 6.04 Å². The third kappa shape index (κ3) is 4.48. The molecule has 112 valence electrons. The van der Waals surface area contributed by atoms with Crippen LogP contribution in [0.5, 0.6) is 0 Å². The molecule has 2 unspecified atom stereocenters. The summed E-state index contributed by atoms with van der Waals surface area (Å²) in [6.45, 7) is 11.6. The quantitative estimate of drug-likeness (QED) is 0.707. The summed E-state index contributed by atoms with van der Waals surface area (Å²) in [4.78, 5) is 17.2. The number of amides is 1. The number of carbonyl (C=O) groups excluding carboxylic acids is 1. The van der Waals surface area contributed by atoms with Crippen molar-refractivity contribution in [3.63, 3.8) is 0 Å². The van der Waals surface area contributed by atoms with E-state index in [4.69, 9.17) is 0 Å². The maximum atomic E-state index is 12.7. The average Bonchev–Trinajstić information content (AvgIpc) is 2.46. The van der Waals surface area contributed by atoms with E-state index < -0.39 is 0 Å². The molecule has 0 saturated carbocycles. The molecule has 1 heterocycles. The van der Waals surface area contributed by atoms with Crippen molar-refractivity contribution >= 4 is 5.91 Å². The van der Waals surface area contributed by atoms with Gasteiger partial charge in [0.15, 0.2) is 0 Å². The highest BCUT2D eigenvalue weighted by Gasteiger charge is 2.30. The van der Waals surface area contributed by atoms with E-state index in [0.717, 1.165) is 26.1 Å². The number of likely N-dealkylation sites (N-methyl/N-ethyl adjacent to an activating group) is 1. The Bertz CT molecular complexity index is 267. The summed E-state index contributed by atoms with van der Waals surface area (Å²) in [5.41, 5.74) is 0. The summed E-state index contributed by atoms with van der Waals surface area (Å²) >= 11 is 0. The fourth-order valence-electron chi connectivity index (χ4n) is 3.10. The van der Waals surface area contributed by atoms with Gasteiger partial charge in [-0.05, 0) is 52.1 Å². The minimum atomic E-state index is 0.0451. The minimum absolute atomic E-state index is 0.0451. The van der Waals surface area contributed by atoms with Gasteiger partial charge < -0.3 is 4.90 Å². The van der Waals surface area contributed by atoms with Gasteiger partial charge in [0.1, 0.15) is 0 Å². The smallest absolute Gasteiger partial charge is 0.239 e. The molecule has 1 rings (SSSR count). The molecular weight excluding hydrogens is 236 g/mol. The summed E-state index contributed by atoms with van der Waals surface area (Å²) in [6, 6.07) is 0.525. The molecule has 1 aliphatic rings. The first kappa shape index (κ1) is 16.5. The fraction of sp³-hybridized carbons (Fsp3) is 0.938. The molecule has 1 saturated heterocycles. The zero-order valence-electron chi connectivity index (χ0n) is 13.3. The molecule has 0 radical (unpaired) electrons. The van der Waals surface area contributed by atoms with Gasteiger partial charge in [-0.15, -0.1) is 0 Å². The number of piperidine rings is 1. The summed E-state index contributed by atoms with van der Waals surface area (Å²) in [6.07, 6.45) is 7.12. The van der Waals surface area contributed by atoms with Crippen LogP contribution in [0.15, 0.2) is 0 Å². The van der Waals surface area contributed by atoms with E-state index >= 15 is 0 Å². The summed E-state index contributed by atoms with van der Waals surface area (Å²) in [5.74, 6) is 0.351. The molecule has 1 fully saturated rings. The van der Waals surface area contributed by atoms with Crippen LogP contribution in [0.2, 0.25) is 0 Å². The molecule has 3 heteroatoms. The molecule has 0 aliphatic carbocycles. The largest absolute Gasteiger partial charge is 0.338 e. The zero-order chi connectivity index (χ0) is 14.3. The van der Waals surface area contributed by atoms with Gasteiger partial charge in [0, 0.05) is 12.6 Å². The molecule has 1 aliphatic heterocycles. The van der Waals surface area contributed by atoms with Crippen LogP contribution in [0.25, 0.3) is 0 Å². The second kappa shape index (κ2) is 8.57. The van der Waals surface area contributed by atoms with Crippen molar-refractivity contribution in [1.82, 2.24) is 9.80 Å². The highest BCUT2D eigenvalue weighted by molar-refractivity contribution is 5.81. The van der Waals surface area contributed by atoms with Crippen molar-refractivity contribution in [3.8, 4) is 0 Å². The van der Waals surface area contributed by atoms with Crippen LogP contribution in [0, 0.1) is 0 Å². The van der Waals surface area contributed by atoms with E-state index in [1.54, 1.807) is 0 Å². The highest BCUT2D eigenvalue weighted by atomic mass is 16.2. The third-order valence-electron chi connectivity index (χ3n) is 4.49. The van der Waals surface area contributed by atoms with Crippen molar-refractivity contribution in [2.45, 2.75) is 78.3 Å². The number of rotatable bonds is 7. The summed E-state index contributed by atoms with van der Waals surface area (Å²) < 4.78 is 0.